The Morgan fingerprint density at radius 3 is 1.87 bits per heavy atom. The number of halogens is 3. The van der Waals surface area contributed by atoms with Crippen LogP contribution in [0.25, 0.3) is 0 Å². The van der Waals surface area contributed by atoms with Crippen LogP contribution in [0.15, 0.2) is 58.3 Å². The lowest BCUT2D eigenvalue weighted by molar-refractivity contribution is -0.274. The molecule has 0 aliphatic carbocycles. The lowest BCUT2D eigenvalue weighted by Gasteiger charge is -2.25. The molecular weight excluding hydrogens is 445 g/mol. The molecular formula is C18H19F3N2O5S2. The fraction of sp³-hybridized carbons (Fsp3) is 0.333. The Kier molecular flexibility index (Phi) is 6.29. The topological polar surface area (TPSA) is 92.8 Å². The minimum absolute atomic E-state index is 0.0565. The van der Waals surface area contributed by atoms with Crippen molar-refractivity contribution in [3.63, 3.8) is 0 Å². The van der Waals surface area contributed by atoms with Gasteiger partial charge >= 0.3 is 6.36 Å². The van der Waals surface area contributed by atoms with Gasteiger partial charge in [-0.2, -0.15) is 4.31 Å². The van der Waals surface area contributed by atoms with Crippen LogP contribution in [-0.2, 0) is 20.0 Å². The molecule has 0 spiro atoms. The quantitative estimate of drug-likeness (QED) is 0.706. The van der Waals surface area contributed by atoms with Crippen molar-refractivity contribution in [1.82, 2.24) is 4.31 Å². The molecule has 2 aromatic rings. The van der Waals surface area contributed by atoms with E-state index in [1.807, 2.05) is 0 Å². The molecule has 1 N–H and O–H groups in total. The van der Waals surface area contributed by atoms with Gasteiger partial charge in [-0.3, -0.25) is 4.72 Å². The van der Waals surface area contributed by atoms with Crippen molar-refractivity contribution in [2.45, 2.75) is 35.4 Å². The SMILES string of the molecule is O=S(=O)(Nc1ccc(S(=O)(=O)N2CCCCC2)cc1)c1ccc(OC(F)(F)F)cc1. The molecule has 0 bridgehead atoms. The van der Waals surface area contributed by atoms with E-state index in [-0.39, 0.29) is 15.5 Å². The fourth-order valence-electron chi connectivity index (χ4n) is 2.98. The molecule has 1 aliphatic rings. The highest BCUT2D eigenvalue weighted by Crippen LogP contribution is 2.26. The number of nitrogens with one attached hydrogen (secondary N) is 1. The molecule has 0 amide bonds. The van der Waals surface area contributed by atoms with Gasteiger partial charge in [0.15, 0.2) is 0 Å². The van der Waals surface area contributed by atoms with E-state index in [0.29, 0.717) is 13.1 Å². The number of hydrogen-bond donors (Lipinski definition) is 1. The van der Waals surface area contributed by atoms with Crippen molar-refractivity contribution in [2.75, 3.05) is 17.8 Å². The van der Waals surface area contributed by atoms with E-state index < -0.39 is 32.2 Å². The monoisotopic (exact) mass is 464 g/mol. The lowest BCUT2D eigenvalue weighted by atomic mass is 10.2. The molecule has 12 heteroatoms. The van der Waals surface area contributed by atoms with E-state index in [2.05, 4.69) is 9.46 Å². The fourth-order valence-corrected chi connectivity index (χ4v) is 5.56. The highest BCUT2D eigenvalue weighted by molar-refractivity contribution is 7.92. The number of rotatable bonds is 6. The first-order valence-corrected chi connectivity index (χ1v) is 11.9. The van der Waals surface area contributed by atoms with Crippen LogP contribution in [0, 0.1) is 0 Å². The summed E-state index contributed by atoms with van der Waals surface area (Å²) in [6, 6.07) is 8.96. The molecule has 1 aliphatic heterocycles. The van der Waals surface area contributed by atoms with Gasteiger partial charge in [-0.1, -0.05) is 6.42 Å². The summed E-state index contributed by atoms with van der Waals surface area (Å²) < 4.78 is 94.1. The molecule has 1 saturated heterocycles. The summed E-state index contributed by atoms with van der Waals surface area (Å²) in [4.78, 5) is -0.219. The average molecular weight is 464 g/mol. The van der Waals surface area contributed by atoms with Crippen LogP contribution in [0.4, 0.5) is 18.9 Å². The molecule has 0 unspecified atom stereocenters. The predicted molar refractivity (Wildman–Crippen MR) is 103 cm³/mol. The largest absolute Gasteiger partial charge is 0.573 e. The second-order valence-corrected chi connectivity index (χ2v) is 10.2. The standard InChI is InChI=1S/C18H19F3N2O5S2/c19-18(20,21)28-15-6-10-16(11-7-15)29(24,25)22-14-4-8-17(9-5-14)30(26,27)23-12-2-1-3-13-23/h4-11,22H,1-3,12-13H2. The molecule has 3 rings (SSSR count). The zero-order chi connectivity index (χ0) is 22.0. The number of hydrogen-bond acceptors (Lipinski definition) is 5. The highest BCUT2D eigenvalue weighted by Gasteiger charge is 2.31. The Morgan fingerprint density at radius 1 is 0.800 bits per heavy atom. The van der Waals surface area contributed by atoms with Gasteiger partial charge in [-0.15, -0.1) is 13.2 Å². The van der Waals surface area contributed by atoms with Crippen LogP contribution in [0.2, 0.25) is 0 Å². The maximum absolute atomic E-state index is 12.6. The lowest BCUT2D eigenvalue weighted by Crippen LogP contribution is -2.35. The minimum Gasteiger partial charge on any atom is -0.406 e. The van der Waals surface area contributed by atoms with Gasteiger partial charge in [-0.25, -0.2) is 16.8 Å². The molecule has 7 nitrogen and oxygen atoms in total. The van der Waals surface area contributed by atoms with E-state index in [1.54, 1.807) is 0 Å². The Bertz CT molecular complexity index is 1080. The van der Waals surface area contributed by atoms with E-state index >= 15 is 0 Å². The summed E-state index contributed by atoms with van der Waals surface area (Å²) in [6.45, 7) is 0.898. The number of piperidine rings is 1. The molecule has 0 atom stereocenters. The summed E-state index contributed by atoms with van der Waals surface area (Å²) in [5.74, 6) is -0.547. The van der Waals surface area contributed by atoms with Gasteiger partial charge in [-0.05, 0) is 61.4 Å². The molecule has 1 heterocycles. The molecule has 0 aromatic heterocycles. The highest BCUT2D eigenvalue weighted by atomic mass is 32.2. The maximum Gasteiger partial charge on any atom is 0.573 e. The Morgan fingerprint density at radius 2 is 1.33 bits per heavy atom. The third-order valence-corrected chi connectivity index (χ3v) is 7.74. The summed E-state index contributed by atoms with van der Waals surface area (Å²) in [7, 11) is -7.73. The van der Waals surface area contributed by atoms with Crippen LogP contribution in [-0.4, -0.2) is 40.6 Å². The third kappa shape index (κ3) is 5.43. The van der Waals surface area contributed by atoms with Crippen molar-refractivity contribution >= 4 is 25.7 Å². The second kappa shape index (κ2) is 8.44. The Hall–Kier alpha value is -2.31. The smallest absolute Gasteiger partial charge is 0.406 e. The maximum atomic E-state index is 12.6. The number of benzene rings is 2. The molecule has 164 valence electrons. The number of nitrogens with zero attached hydrogens (tertiary/aromatic N) is 1. The Balaban J connectivity index is 1.72. The van der Waals surface area contributed by atoms with Crippen molar-refractivity contribution in [3.8, 4) is 5.75 Å². The normalized spacial score (nSPS) is 16.2. The van der Waals surface area contributed by atoms with Gasteiger partial charge in [0.1, 0.15) is 5.75 Å². The zero-order valence-electron chi connectivity index (χ0n) is 15.6. The minimum atomic E-state index is -4.88. The number of sulfonamides is 2. The van der Waals surface area contributed by atoms with E-state index in [0.717, 1.165) is 43.5 Å². The molecule has 1 fully saturated rings. The summed E-state index contributed by atoms with van der Waals surface area (Å²) in [5.41, 5.74) is 0.114. The first kappa shape index (κ1) is 22.4. The van der Waals surface area contributed by atoms with Crippen LogP contribution >= 0.6 is 0 Å². The van der Waals surface area contributed by atoms with Crippen LogP contribution < -0.4 is 9.46 Å². The summed E-state index contributed by atoms with van der Waals surface area (Å²) in [5, 5.41) is 0. The van der Waals surface area contributed by atoms with Gasteiger partial charge in [0.2, 0.25) is 10.0 Å². The van der Waals surface area contributed by atoms with Crippen molar-refractivity contribution in [2.24, 2.45) is 0 Å². The van der Waals surface area contributed by atoms with Crippen molar-refractivity contribution < 1.29 is 34.7 Å². The van der Waals surface area contributed by atoms with E-state index in [9.17, 15) is 30.0 Å². The zero-order valence-corrected chi connectivity index (χ0v) is 17.2. The van der Waals surface area contributed by atoms with Crippen LogP contribution in [0.3, 0.4) is 0 Å². The van der Waals surface area contributed by atoms with E-state index in [1.165, 1.54) is 28.6 Å². The predicted octanol–water partition coefficient (Wildman–Crippen LogP) is 3.56. The van der Waals surface area contributed by atoms with Gasteiger partial charge in [0, 0.05) is 18.8 Å². The molecule has 30 heavy (non-hydrogen) atoms. The molecule has 0 radical (unpaired) electrons. The third-order valence-electron chi connectivity index (χ3n) is 4.43. The molecule has 0 saturated carbocycles. The number of alkyl halides is 3. The average Bonchev–Trinajstić information content (AvgIpc) is 2.68. The van der Waals surface area contributed by atoms with Crippen molar-refractivity contribution in [1.29, 1.82) is 0 Å². The van der Waals surface area contributed by atoms with Crippen LogP contribution in [0.5, 0.6) is 5.75 Å². The van der Waals surface area contributed by atoms with E-state index in [4.69, 9.17) is 0 Å². The second-order valence-electron chi connectivity index (χ2n) is 6.61. The molecule has 2 aromatic carbocycles. The number of ether oxygens (including phenoxy) is 1. The van der Waals surface area contributed by atoms with Gasteiger partial charge < -0.3 is 4.74 Å². The number of anilines is 1. The summed E-state index contributed by atoms with van der Waals surface area (Å²) in [6.07, 6.45) is -2.31. The summed E-state index contributed by atoms with van der Waals surface area (Å²) >= 11 is 0. The first-order chi connectivity index (χ1) is 14.0. The van der Waals surface area contributed by atoms with Crippen LogP contribution in [0.1, 0.15) is 19.3 Å². The Labute approximate surface area is 172 Å². The first-order valence-electron chi connectivity index (χ1n) is 8.96. The van der Waals surface area contributed by atoms with Gasteiger partial charge in [0.05, 0.1) is 9.79 Å². The van der Waals surface area contributed by atoms with Crippen molar-refractivity contribution in [3.05, 3.63) is 48.5 Å². The van der Waals surface area contributed by atoms with Gasteiger partial charge in [0.25, 0.3) is 10.0 Å².